The maximum Gasteiger partial charge on any atom is 0.357 e. The number of hydrogen-bond acceptors (Lipinski definition) is 8. The van der Waals surface area contributed by atoms with Crippen molar-refractivity contribution in [3.05, 3.63) is 139 Å². The zero-order chi connectivity index (χ0) is 32.5. The van der Waals surface area contributed by atoms with Crippen LogP contribution in [0.25, 0.3) is 75.2 Å². The highest BCUT2D eigenvalue weighted by molar-refractivity contribution is 7.19. The largest absolute Gasteiger partial charge is 0.461 e. The van der Waals surface area contributed by atoms with Gasteiger partial charge in [0.05, 0.1) is 17.0 Å². The predicted molar refractivity (Wildman–Crippen MR) is 194 cm³/mol. The van der Waals surface area contributed by atoms with Crippen molar-refractivity contribution in [2.75, 3.05) is 6.61 Å². The number of carbonyl (C=O) groups excluding carboxylic acids is 1. The minimum atomic E-state index is -0.519. The standard InChI is InChI=1S/C40H27N3O3S2/c1-2-45-40(44)38-35(33-23-21-31(47-33)29-17-13-27(14-18-29)25-9-5-3-6-10-25)37-39(43-46-42-37)36(41-38)34-24-22-32(48-34)30-19-15-28(16-20-30)26-11-7-4-8-12-26/h3-24H,2H2,1H3. The van der Waals surface area contributed by atoms with E-state index in [1.807, 2.05) is 54.6 Å². The zero-order valence-electron chi connectivity index (χ0n) is 25.8. The van der Waals surface area contributed by atoms with Crippen LogP contribution in [-0.2, 0) is 4.74 Å². The summed E-state index contributed by atoms with van der Waals surface area (Å²) in [6, 6.07) is 45.7. The molecule has 8 aromatic rings. The van der Waals surface area contributed by atoms with Gasteiger partial charge in [-0.15, -0.1) is 22.7 Å². The van der Waals surface area contributed by atoms with Gasteiger partial charge in [0.1, 0.15) is 11.2 Å². The number of aromatic nitrogens is 3. The Morgan fingerprint density at radius 2 is 1.02 bits per heavy atom. The van der Waals surface area contributed by atoms with E-state index >= 15 is 0 Å². The van der Waals surface area contributed by atoms with Gasteiger partial charge in [-0.1, -0.05) is 109 Å². The van der Waals surface area contributed by atoms with E-state index in [0.29, 0.717) is 22.3 Å². The molecule has 0 saturated heterocycles. The van der Waals surface area contributed by atoms with Crippen molar-refractivity contribution in [2.24, 2.45) is 0 Å². The number of nitrogens with zero attached hydrogens (tertiary/aromatic N) is 3. The Bertz CT molecular complexity index is 2360. The number of ether oxygens (including phenoxy) is 1. The molecule has 8 rings (SSSR count). The first-order chi connectivity index (χ1) is 23.7. The fourth-order valence-corrected chi connectivity index (χ4v) is 7.82. The maximum atomic E-state index is 13.5. The van der Waals surface area contributed by atoms with Gasteiger partial charge >= 0.3 is 5.97 Å². The Hall–Kier alpha value is -5.70. The third kappa shape index (κ3) is 5.61. The smallest absolute Gasteiger partial charge is 0.357 e. The molecule has 0 aliphatic carbocycles. The summed E-state index contributed by atoms with van der Waals surface area (Å²) in [6.45, 7) is 2.00. The van der Waals surface area contributed by atoms with Crippen molar-refractivity contribution in [1.29, 1.82) is 0 Å². The fraction of sp³-hybridized carbons (Fsp3) is 0.0500. The van der Waals surface area contributed by atoms with Gasteiger partial charge in [-0.25, -0.2) is 14.4 Å². The molecule has 0 spiro atoms. The molecular formula is C40H27N3O3S2. The van der Waals surface area contributed by atoms with Crippen LogP contribution in [0.1, 0.15) is 17.4 Å². The normalized spacial score (nSPS) is 11.2. The highest BCUT2D eigenvalue weighted by Crippen LogP contribution is 2.43. The van der Waals surface area contributed by atoms with E-state index in [2.05, 4.69) is 89.2 Å². The van der Waals surface area contributed by atoms with Crippen molar-refractivity contribution in [3.8, 4) is 64.1 Å². The van der Waals surface area contributed by atoms with Gasteiger partial charge in [-0.2, -0.15) is 0 Å². The van der Waals surface area contributed by atoms with Crippen LogP contribution in [-0.4, -0.2) is 27.9 Å². The lowest BCUT2D eigenvalue weighted by molar-refractivity contribution is 0.0521. The molecule has 4 aromatic carbocycles. The fourth-order valence-electron chi connectivity index (χ4n) is 5.76. The third-order valence-corrected chi connectivity index (χ3v) is 10.4. The van der Waals surface area contributed by atoms with Crippen LogP contribution in [0.2, 0.25) is 0 Å². The molecule has 0 aliphatic heterocycles. The first-order valence-corrected chi connectivity index (χ1v) is 17.1. The number of carbonyl (C=O) groups is 1. The number of thiophene rings is 2. The Kier molecular flexibility index (Phi) is 7.94. The Labute approximate surface area is 284 Å². The van der Waals surface area contributed by atoms with Crippen LogP contribution in [0.4, 0.5) is 0 Å². The lowest BCUT2D eigenvalue weighted by Gasteiger charge is -2.09. The maximum absolute atomic E-state index is 13.5. The molecule has 0 bridgehead atoms. The summed E-state index contributed by atoms with van der Waals surface area (Å²) in [5.41, 5.74) is 9.04. The van der Waals surface area contributed by atoms with Crippen molar-refractivity contribution in [1.82, 2.24) is 15.3 Å². The molecular weight excluding hydrogens is 635 g/mol. The number of rotatable bonds is 8. The van der Waals surface area contributed by atoms with Gasteiger partial charge in [0, 0.05) is 14.6 Å². The van der Waals surface area contributed by atoms with Gasteiger partial charge in [0.15, 0.2) is 11.2 Å². The first-order valence-electron chi connectivity index (χ1n) is 15.5. The second kappa shape index (κ2) is 12.8. The van der Waals surface area contributed by atoms with Gasteiger partial charge in [0.25, 0.3) is 0 Å². The SMILES string of the molecule is CCOC(=O)c1nc(-c2ccc(-c3ccc(-c4ccccc4)cc3)s2)c2nonc2c1-c1ccc(-c2ccc(-c3ccccc3)cc2)s1. The van der Waals surface area contributed by atoms with Crippen molar-refractivity contribution in [2.45, 2.75) is 6.92 Å². The second-order valence-corrected chi connectivity index (χ2v) is 13.2. The molecule has 0 unspecified atom stereocenters. The van der Waals surface area contributed by atoms with Crippen molar-refractivity contribution < 1.29 is 14.2 Å². The minimum absolute atomic E-state index is 0.185. The van der Waals surface area contributed by atoms with E-state index in [9.17, 15) is 4.79 Å². The van der Waals surface area contributed by atoms with E-state index in [-0.39, 0.29) is 12.3 Å². The topological polar surface area (TPSA) is 78.1 Å². The molecule has 0 aliphatic rings. The first kappa shape index (κ1) is 29.7. The molecule has 0 fully saturated rings. The predicted octanol–water partition coefficient (Wildman–Crippen LogP) is 10.9. The molecule has 6 nitrogen and oxygen atoms in total. The van der Waals surface area contributed by atoms with E-state index in [0.717, 1.165) is 41.8 Å². The molecule has 0 amide bonds. The van der Waals surface area contributed by atoms with Crippen LogP contribution < -0.4 is 0 Å². The molecule has 4 heterocycles. The molecule has 4 aromatic heterocycles. The van der Waals surface area contributed by atoms with E-state index in [4.69, 9.17) is 14.3 Å². The lowest BCUT2D eigenvalue weighted by atomic mass is 10.0. The van der Waals surface area contributed by atoms with Crippen LogP contribution in [0, 0.1) is 0 Å². The molecule has 8 heteroatoms. The molecule has 0 saturated carbocycles. The van der Waals surface area contributed by atoms with Crippen LogP contribution >= 0.6 is 22.7 Å². The zero-order valence-corrected chi connectivity index (χ0v) is 27.4. The molecule has 48 heavy (non-hydrogen) atoms. The van der Waals surface area contributed by atoms with Crippen LogP contribution in [0.15, 0.2) is 138 Å². The summed E-state index contributed by atoms with van der Waals surface area (Å²) >= 11 is 3.13. The summed E-state index contributed by atoms with van der Waals surface area (Å²) in [5.74, 6) is -0.519. The Morgan fingerprint density at radius 3 is 1.58 bits per heavy atom. The summed E-state index contributed by atoms with van der Waals surface area (Å²) in [6.07, 6.45) is 0. The van der Waals surface area contributed by atoms with Gasteiger partial charge < -0.3 is 4.74 Å². The number of esters is 1. The quantitative estimate of drug-likeness (QED) is 0.151. The molecule has 0 radical (unpaired) electrons. The second-order valence-electron chi connectivity index (χ2n) is 11.1. The van der Waals surface area contributed by atoms with Crippen molar-refractivity contribution in [3.63, 3.8) is 0 Å². The molecule has 0 N–H and O–H groups in total. The summed E-state index contributed by atoms with van der Waals surface area (Å²) in [4.78, 5) is 22.2. The third-order valence-electron chi connectivity index (χ3n) is 8.12. The Morgan fingerprint density at radius 1 is 0.562 bits per heavy atom. The van der Waals surface area contributed by atoms with Gasteiger partial charge in [-0.3, -0.25) is 0 Å². The van der Waals surface area contributed by atoms with Gasteiger partial charge in [0.2, 0.25) is 0 Å². The lowest BCUT2D eigenvalue weighted by Crippen LogP contribution is -2.10. The van der Waals surface area contributed by atoms with Gasteiger partial charge in [-0.05, 0) is 74.9 Å². The number of benzene rings is 4. The van der Waals surface area contributed by atoms with Crippen LogP contribution in [0.5, 0.6) is 0 Å². The van der Waals surface area contributed by atoms with E-state index in [1.165, 1.54) is 11.1 Å². The van der Waals surface area contributed by atoms with Crippen LogP contribution in [0.3, 0.4) is 0 Å². The average Bonchev–Trinajstić information content (AvgIpc) is 3.94. The molecule has 0 atom stereocenters. The highest BCUT2D eigenvalue weighted by atomic mass is 32.1. The summed E-state index contributed by atoms with van der Waals surface area (Å²) in [5, 5.41) is 8.56. The minimum Gasteiger partial charge on any atom is -0.461 e. The number of pyridine rings is 1. The van der Waals surface area contributed by atoms with E-state index in [1.54, 1.807) is 29.6 Å². The summed E-state index contributed by atoms with van der Waals surface area (Å²) in [7, 11) is 0. The number of hydrogen-bond donors (Lipinski definition) is 0. The molecule has 232 valence electrons. The van der Waals surface area contributed by atoms with Crippen molar-refractivity contribution >= 4 is 39.7 Å². The average molecular weight is 662 g/mol. The summed E-state index contributed by atoms with van der Waals surface area (Å²) < 4.78 is 10.8. The highest BCUT2D eigenvalue weighted by Gasteiger charge is 2.27. The van der Waals surface area contributed by atoms with E-state index < -0.39 is 5.97 Å². The monoisotopic (exact) mass is 661 g/mol. The number of fused-ring (bicyclic) bond motifs is 1. The Balaban J connectivity index is 1.16.